The van der Waals surface area contributed by atoms with Crippen LogP contribution in [0.5, 0.6) is 5.75 Å². The minimum absolute atomic E-state index is 0. The third-order valence-corrected chi connectivity index (χ3v) is 3.01. The molecule has 5 heteroatoms. The first kappa shape index (κ1) is 19.5. The molecular formula is C16H25ClN2O2. The summed E-state index contributed by atoms with van der Waals surface area (Å²) in [5.41, 5.74) is 6.29. The summed E-state index contributed by atoms with van der Waals surface area (Å²) in [7, 11) is 0. The minimum atomic E-state index is -0.0909. The van der Waals surface area contributed by atoms with E-state index in [0.717, 1.165) is 25.0 Å². The second-order valence-corrected chi connectivity index (χ2v) is 4.67. The molecule has 1 amide bonds. The van der Waals surface area contributed by atoms with Crippen LogP contribution in [0.15, 0.2) is 36.9 Å². The number of unbranched alkanes of at least 4 members (excludes halogenated alkanes) is 1. The minimum Gasteiger partial charge on any atom is -0.490 e. The lowest BCUT2D eigenvalue weighted by Gasteiger charge is -2.16. The Bertz CT molecular complexity index is 421. The van der Waals surface area contributed by atoms with Crippen molar-refractivity contribution < 1.29 is 9.53 Å². The molecule has 0 saturated carbocycles. The molecule has 1 aromatic carbocycles. The SMILES string of the molecule is C=CCOc1ccc(C(=O)NC(CN)CCCC)cc1.Cl. The number of hydrogen-bond donors (Lipinski definition) is 2. The summed E-state index contributed by atoms with van der Waals surface area (Å²) >= 11 is 0. The van der Waals surface area contributed by atoms with Crippen molar-refractivity contribution in [3.63, 3.8) is 0 Å². The lowest BCUT2D eigenvalue weighted by molar-refractivity contribution is 0.0935. The van der Waals surface area contributed by atoms with Gasteiger partial charge in [0.2, 0.25) is 0 Å². The Balaban J connectivity index is 0.00000400. The third kappa shape index (κ3) is 7.16. The molecule has 0 aliphatic carbocycles. The maximum Gasteiger partial charge on any atom is 0.251 e. The zero-order valence-electron chi connectivity index (χ0n) is 12.5. The molecule has 0 spiro atoms. The number of benzene rings is 1. The first-order valence-corrected chi connectivity index (χ1v) is 7.06. The number of carbonyl (C=O) groups excluding carboxylic acids is 1. The highest BCUT2D eigenvalue weighted by Crippen LogP contribution is 2.12. The second-order valence-electron chi connectivity index (χ2n) is 4.67. The molecule has 1 aromatic rings. The molecule has 0 heterocycles. The van der Waals surface area contributed by atoms with Gasteiger partial charge in [-0.05, 0) is 30.7 Å². The van der Waals surface area contributed by atoms with E-state index in [-0.39, 0.29) is 24.4 Å². The van der Waals surface area contributed by atoms with Gasteiger partial charge in [-0.25, -0.2) is 0 Å². The Hall–Kier alpha value is -1.52. The molecule has 0 bridgehead atoms. The number of rotatable bonds is 9. The molecule has 3 N–H and O–H groups in total. The molecule has 0 radical (unpaired) electrons. The van der Waals surface area contributed by atoms with Gasteiger partial charge in [0.1, 0.15) is 12.4 Å². The molecule has 21 heavy (non-hydrogen) atoms. The van der Waals surface area contributed by atoms with E-state index in [1.807, 2.05) is 0 Å². The summed E-state index contributed by atoms with van der Waals surface area (Å²) in [5.74, 6) is 0.634. The number of carbonyl (C=O) groups is 1. The highest BCUT2D eigenvalue weighted by molar-refractivity contribution is 5.94. The van der Waals surface area contributed by atoms with Crippen molar-refractivity contribution in [2.24, 2.45) is 5.73 Å². The molecule has 1 unspecified atom stereocenters. The lowest BCUT2D eigenvalue weighted by atomic mass is 10.1. The van der Waals surface area contributed by atoms with Gasteiger partial charge in [-0.3, -0.25) is 4.79 Å². The molecule has 0 aliphatic rings. The molecule has 4 nitrogen and oxygen atoms in total. The van der Waals surface area contributed by atoms with Crippen LogP contribution in [0, 0.1) is 0 Å². The quantitative estimate of drug-likeness (QED) is 0.689. The summed E-state index contributed by atoms with van der Waals surface area (Å²) in [6.07, 6.45) is 4.76. The van der Waals surface area contributed by atoms with Gasteiger partial charge in [-0.1, -0.05) is 32.4 Å². The van der Waals surface area contributed by atoms with Gasteiger partial charge in [0.05, 0.1) is 0 Å². The van der Waals surface area contributed by atoms with Crippen molar-refractivity contribution in [2.45, 2.75) is 32.2 Å². The van der Waals surface area contributed by atoms with Crippen molar-refractivity contribution in [1.82, 2.24) is 5.32 Å². The summed E-state index contributed by atoms with van der Waals surface area (Å²) in [6.45, 7) is 6.63. The van der Waals surface area contributed by atoms with Crippen LogP contribution < -0.4 is 15.8 Å². The highest BCUT2D eigenvalue weighted by atomic mass is 35.5. The standard InChI is InChI=1S/C16H24N2O2.ClH/c1-3-5-6-14(12-17)18-16(19)13-7-9-15(10-8-13)20-11-4-2;/h4,7-10,14H,2-3,5-6,11-12,17H2,1H3,(H,18,19);1H. The van der Waals surface area contributed by atoms with Gasteiger partial charge >= 0.3 is 0 Å². The summed E-state index contributed by atoms with van der Waals surface area (Å²) < 4.78 is 5.38. The predicted molar refractivity (Wildman–Crippen MR) is 89.2 cm³/mol. The van der Waals surface area contributed by atoms with Crippen LogP contribution in [0.4, 0.5) is 0 Å². The predicted octanol–water partition coefficient (Wildman–Crippen LogP) is 2.92. The van der Waals surface area contributed by atoms with Crippen molar-refractivity contribution in [2.75, 3.05) is 13.2 Å². The van der Waals surface area contributed by atoms with Crippen LogP contribution >= 0.6 is 12.4 Å². The largest absolute Gasteiger partial charge is 0.490 e. The molecule has 0 aliphatic heterocycles. The van der Waals surface area contributed by atoms with E-state index in [1.54, 1.807) is 30.3 Å². The van der Waals surface area contributed by atoms with Gasteiger partial charge in [0, 0.05) is 18.2 Å². The van der Waals surface area contributed by atoms with E-state index in [4.69, 9.17) is 10.5 Å². The number of amides is 1. The van der Waals surface area contributed by atoms with E-state index in [1.165, 1.54) is 0 Å². The van der Waals surface area contributed by atoms with Crippen LogP contribution in [-0.2, 0) is 0 Å². The third-order valence-electron chi connectivity index (χ3n) is 3.01. The number of halogens is 1. The molecule has 1 rings (SSSR count). The fourth-order valence-corrected chi connectivity index (χ4v) is 1.83. The topological polar surface area (TPSA) is 64.3 Å². The van der Waals surface area contributed by atoms with E-state index in [9.17, 15) is 4.79 Å². The van der Waals surface area contributed by atoms with Gasteiger partial charge in [0.25, 0.3) is 5.91 Å². The van der Waals surface area contributed by atoms with Gasteiger partial charge in [0.15, 0.2) is 0 Å². The van der Waals surface area contributed by atoms with Crippen LogP contribution in [0.2, 0.25) is 0 Å². The zero-order valence-corrected chi connectivity index (χ0v) is 13.3. The van der Waals surface area contributed by atoms with Crippen LogP contribution in [-0.4, -0.2) is 25.1 Å². The fraction of sp³-hybridized carbons (Fsp3) is 0.438. The zero-order chi connectivity index (χ0) is 14.8. The van der Waals surface area contributed by atoms with Gasteiger partial charge in [-0.2, -0.15) is 0 Å². The normalized spacial score (nSPS) is 11.1. The first-order valence-electron chi connectivity index (χ1n) is 7.06. The Labute approximate surface area is 133 Å². The maximum absolute atomic E-state index is 12.1. The smallest absolute Gasteiger partial charge is 0.251 e. The summed E-state index contributed by atoms with van der Waals surface area (Å²) in [4.78, 5) is 12.1. The van der Waals surface area contributed by atoms with E-state index in [0.29, 0.717) is 18.7 Å². The number of nitrogens with one attached hydrogen (secondary N) is 1. The molecule has 0 aromatic heterocycles. The van der Waals surface area contributed by atoms with Crippen molar-refractivity contribution in [3.8, 4) is 5.75 Å². The fourth-order valence-electron chi connectivity index (χ4n) is 1.83. The van der Waals surface area contributed by atoms with Gasteiger partial charge in [-0.15, -0.1) is 12.4 Å². The number of nitrogens with two attached hydrogens (primary N) is 1. The number of hydrogen-bond acceptors (Lipinski definition) is 3. The monoisotopic (exact) mass is 312 g/mol. The van der Waals surface area contributed by atoms with E-state index in [2.05, 4.69) is 18.8 Å². The van der Waals surface area contributed by atoms with Crippen LogP contribution in [0.1, 0.15) is 36.5 Å². The van der Waals surface area contributed by atoms with Crippen LogP contribution in [0.3, 0.4) is 0 Å². The Morgan fingerprint density at radius 3 is 2.62 bits per heavy atom. The van der Waals surface area contributed by atoms with E-state index >= 15 is 0 Å². The van der Waals surface area contributed by atoms with Crippen molar-refractivity contribution in [3.05, 3.63) is 42.5 Å². The molecule has 1 atom stereocenters. The Morgan fingerprint density at radius 1 is 1.43 bits per heavy atom. The van der Waals surface area contributed by atoms with Crippen LogP contribution in [0.25, 0.3) is 0 Å². The average Bonchev–Trinajstić information content (AvgIpc) is 2.49. The molecule has 0 fully saturated rings. The first-order chi connectivity index (χ1) is 9.71. The Morgan fingerprint density at radius 2 is 2.10 bits per heavy atom. The second kappa shape index (κ2) is 11.2. The number of ether oxygens (including phenoxy) is 1. The van der Waals surface area contributed by atoms with Crippen molar-refractivity contribution in [1.29, 1.82) is 0 Å². The van der Waals surface area contributed by atoms with E-state index < -0.39 is 0 Å². The summed E-state index contributed by atoms with van der Waals surface area (Å²) in [6, 6.07) is 7.10. The molecule has 118 valence electrons. The maximum atomic E-state index is 12.1. The molecule has 0 saturated heterocycles. The summed E-state index contributed by atoms with van der Waals surface area (Å²) in [5, 5.41) is 2.96. The highest BCUT2D eigenvalue weighted by Gasteiger charge is 2.11. The lowest BCUT2D eigenvalue weighted by Crippen LogP contribution is -2.40. The van der Waals surface area contributed by atoms with Crippen molar-refractivity contribution >= 4 is 18.3 Å². The average molecular weight is 313 g/mol. The Kier molecular flexibility index (Phi) is 10.4. The molecular weight excluding hydrogens is 288 g/mol. The van der Waals surface area contributed by atoms with Gasteiger partial charge < -0.3 is 15.8 Å².